The van der Waals surface area contributed by atoms with E-state index in [0.29, 0.717) is 6.42 Å². The quantitative estimate of drug-likeness (QED) is 0.0324. The van der Waals surface area contributed by atoms with Crippen molar-refractivity contribution in [1.82, 2.24) is 42.1 Å². The number of likely N-dealkylation sites (tertiary alicyclic amines) is 1. The summed E-state index contributed by atoms with van der Waals surface area (Å²) in [5.74, 6) is -13.0. The van der Waals surface area contributed by atoms with Crippen molar-refractivity contribution in [2.75, 3.05) is 25.4 Å². The number of aliphatic carboxylic acids is 1. The number of aliphatic hydroxyl groups excluding tert-OH is 2. The molecule has 0 saturated carbocycles. The molecular formula is C36H60N12O15S. The number of carboxylic acid groups (broad SMARTS) is 1. The Bertz CT molecular complexity index is 1750. The monoisotopic (exact) mass is 932 g/mol. The summed E-state index contributed by atoms with van der Waals surface area (Å²) >= 11 is 3.96. The number of thiol groups is 1. The fraction of sp³-hybridized carbons (Fsp3) is 0.667. The van der Waals surface area contributed by atoms with Gasteiger partial charge in [0.1, 0.15) is 36.3 Å². The number of rotatable bonds is 28. The van der Waals surface area contributed by atoms with E-state index in [-0.39, 0.29) is 31.6 Å². The van der Waals surface area contributed by atoms with Gasteiger partial charge in [-0.3, -0.25) is 52.7 Å². The maximum Gasteiger partial charge on any atom is 0.328 e. The minimum atomic E-state index is -1.80. The molecule has 1 heterocycles. The van der Waals surface area contributed by atoms with Crippen molar-refractivity contribution < 1.29 is 72.9 Å². The molecule has 11 amide bonds. The Kier molecular flexibility index (Phi) is 23.7. The number of nitrogens with two attached hydrogens (primary N) is 4. The van der Waals surface area contributed by atoms with Crippen molar-refractivity contribution in [3.63, 3.8) is 0 Å². The summed E-state index contributed by atoms with van der Waals surface area (Å²) in [5, 5.41) is 44.5. The minimum Gasteiger partial charge on any atom is -0.480 e. The SMILES string of the molecule is CC(C)[C@H](NC(=O)[C@H](CO)NC(=O)CNC(=O)[C@H](CC(N)=O)NC(=O)[C@H](CCC(N)=O)NC(=O)[C@@H]1CCCN1C(=O)[C@H](CCC(N)=O)NC(=O)[C@@H](N)CS)C(=O)N[C@H](C(=O)O)[C@@H](C)O. The summed E-state index contributed by atoms with van der Waals surface area (Å²) in [5.41, 5.74) is 21.5. The number of nitrogens with zero attached hydrogens (tertiary/aromatic N) is 1. The number of hydrogen-bond acceptors (Lipinski definition) is 16. The molecule has 0 unspecified atom stereocenters. The number of carboxylic acids is 1. The third kappa shape index (κ3) is 18.7. The third-order valence-corrected chi connectivity index (χ3v) is 9.96. The molecule has 360 valence electrons. The summed E-state index contributed by atoms with van der Waals surface area (Å²) in [6.45, 7) is 2.17. The molecule has 0 aromatic heterocycles. The summed E-state index contributed by atoms with van der Waals surface area (Å²) in [6, 6.07) is -11.9. The molecule has 1 aliphatic rings. The zero-order chi connectivity index (χ0) is 49.0. The van der Waals surface area contributed by atoms with E-state index in [4.69, 9.17) is 22.9 Å². The van der Waals surface area contributed by atoms with Crippen LogP contribution in [0.1, 0.15) is 65.7 Å². The highest BCUT2D eigenvalue weighted by atomic mass is 32.1. The number of carbonyl (C=O) groups excluding carboxylic acids is 11. The highest BCUT2D eigenvalue weighted by molar-refractivity contribution is 7.80. The van der Waals surface area contributed by atoms with Gasteiger partial charge in [0.05, 0.1) is 31.7 Å². The van der Waals surface area contributed by atoms with E-state index in [0.717, 1.165) is 11.8 Å². The first kappa shape index (κ1) is 55.9. The first-order valence-corrected chi connectivity index (χ1v) is 20.6. The third-order valence-electron chi connectivity index (χ3n) is 9.57. The number of hydrogen-bond donors (Lipinski definition) is 15. The predicted octanol–water partition coefficient (Wildman–Crippen LogP) is -8.22. The first-order valence-electron chi connectivity index (χ1n) is 20.0. The fourth-order valence-corrected chi connectivity index (χ4v) is 6.23. The Morgan fingerprint density at radius 3 is 1.73 bits per heavy atom. The van der Waals surface area contributed by atoms with Gasteiger partial charge in [-0.2, -0.15) is 12.6 Å². The van der Waals surface area contributed by atoms with Crippen LogP contribution in [0.25, 0.3) is 0 Å². The maximum atomic E-state index is 13.7. The second-order valence-electron chi connectivity index (χ2n) is 15.2. The fourth-order valence-electron chi connectivity index (χ4n) is 6.07. The summed E-state index contributed by atoms with van der Waals surface area (Å²) in [4.78, 5) is 153. The van der Waals surface area contributed by atoms with E-state index in [2.05, 4.69) is 49.8 Å². The van der Waals surface area contributed by atoms with Crippen LogP contribution >= 0.6 is 12.6 Å². The van der Waals surface area contributed by atoms with Crippen molar-refractivity contribution in [1.29, 1.82) is 0 Å². The van der Waals surface area contributed by atoms with Crippen LogP contribution in [0.15, 0.2) is 0 Å². The first-order chi connectivity index (χ1) is 29.8. The number of nitrogens with one attached hydrogen (secondary N) is 7. The van der Waals surface area contributed by atoms with Crippen LogP contribution in [-0.4, -0.2) is 171 Å². The molecule has 9 atom stereocenters. The molecule has 28 heteroatoms. The lowest BCUT2D eigenvalue weighted by atomic mass is 10.0. The normalized spacial score (nSPS) is 17.1. The van der Waals surface area contributed by atoms with E-state index in [9.17, 15) is 72.9 Å². The number of carbonyl (C=O) groups is 12. The van der Waals surface area contributed by atoms with Crippen LogP contribution < -0.4 is 60.2 Å². The maximum absolute atomic E-state index is 13.7. The van der Waals surface area contributed by atoms with Gasteiger partial charge in [-0.05, 0) is 38.5 Å². The van der Waals surface area contributed by atoms with E-state index in [1.807, 2.05) is 0 Å². The Balaban J connectivity index is 3.14. The average molecular weight is 933 g/mol. The average Bonchev–Trinajstić information content (AvgIpc) is 3.71. The Morgan fingerprint density at radius 1 is 0.688 bits per heavy atom. The van der Waals surface area contributed by atoms with E-state index < -0.39 is 164 Å². The molecule has 18 N–H and O–H groups in total. The van der Waals surface area contributed by atoms with Crippen LogP contribution in [0.5, 0.6) is 0 Å². The molecule has 0 radical (unpaired) electrons. The highest BCUT2D eigenvalue weighted by Gasteiger charge is 2.40. The van der Waals surface area contributed by atoms with Gasteiger partial charge in [0.15, 0.2) is 6.04 Å². The molecule has 64 heavy (non-hydrogen) atoms. The zero-order valence-electron chi connectivity index (χ0n) is 35.5. The van der Waals surface area contributed by atoms with Gasteiger partial charge in [-0.1, -0.05) is 13.8 Å². The van der Waals surface area contributed by atoms with Gasteiger partial charge < -0.3 is 80.4 Å². The summed E-state index contributed by atoms with van der Waals surface area (Å²) in [6.07, 6.45) is -3.46. The topological polar surface area (TPSA) is 457 Å². The van der Waals surface area contributed by atoms with Crippen LogP contribution in [0.2, 0.25) is 0 Å². The molecule has 27 nitrogen and oxygen atoms in total. The summed E-state index contributed by atoms with van der Waals surface area (Å²) < 4.78 is 0. The van der Waals surface area contributed by atoms with Crippen LogP contribution in [0.3, 0.4) is 0 Å². The van der Waals surface area contributed by atoms with Crippen molar-refractivity contribution in [3.05, 3.63) is 0 Å². The molecule has 1 fully saturated rings. The van der Waals surface area contributed by atoms with Crippen LogP contribution in [-0.2, 0) is 57.5 Å². The van der Waals surface area contributed by atoms with Crippen molar-refractivity contribution >= 4 is 83.6 Å². The Morgan fingerprint density at radius 2 is 1.23 bits per heavy atom. The molecule has 0 aliphatic carbocycles. The van der Waals surface area contributed by atoms with Gasteiger partial charge in [0.2, 0.25) is 65.0 Å². The van der Waals surface area contributed by atoms with E-state index in [1.165, 1.54) is 13.8 Å². The lowest BCUT2D eigenvalue weighted by Crippen LogP contribution is -2.60. The second-order valence-corrected chi connectivity index (χ2v) is 15.5. The number of amides is 11. The number of aliphatic hydroxyl groups is 2. The smallest absolute Gasteiger partial charge is 0.328 e. The van der Waals surface area contributed by atoms with Gasteiger partial charge in [0, 0.05) is 25.1 Å². The minimum absolute atomic E-state index is 0.0181. The largest absolute Gasteiger partial charge is 0.480 e. The van der Waals surface area contributed by atoms with Crippen molar-refractivity contribution in [2.24, 2.45) is 28.9 Å². The summed E-state index contributed by atoms with van der Waals surface area (Å²) in [7, 11) is 0. The standard InChI is InChI=1S/C36H60N12O15S/c1-15(2)27(34(60)47-28(16(3)50)36(62)63)46-32(58)21(13-49)42-26(54)12-41-30(56)20(11-25(40)53)45-31(57)18(6-8-23(38)51)43-33(59)22-5-4-10-48(22)35(61)19(7-9-24(39)52)44-29(55)17(37)14-64/h15-22,27-28,49-50,64H,4-14,37H2,1-3H3,(H2,38,51)(H2,39,52)(H2,40,53)(H,41,56)(H,42,54)(H,43,59)(H,44,55)(H,45,57)(H,46,58)(H,47,60)(H,62,63)/t16-,17+,18+,19+,20+,21+,22+,27+,28+/m1/s1. The van der Waals surface area contributed by atoms with Gasteiger partial charge in [0.25, 0.3) is 0 Å². The predicted molar refractivity (Wildman–Crippen MR) is 223 cm³/mol. The molecule has 1 saturated heterocycles. The van der Waals surface area contributed by atoms with E-state index in [1.54, 1.807) is 0 Å². The molecular weight excluding hydrogens is 873 g/mol. The molecule has 1 rings (SSSR count). The van der Waals surface area contributed by atoms with Crippen LogP contribution in [0, 0.1) is 5.92 Å². The number of primary amides is 3. The van der Waals surface area contributed by atoms with Gasteiger partial charge in [-0.15, -0.1) is 0 Å². The van der Waals surface area contributed by atoms with Gasteiger partial charge in [-0.25, -0.2) is 4.79 Å². The second kappa shape index (κ2) is 27.1. The molecule has 0 aromatic carbocycles. The highest BCUT2D eigenvalue weighted by Crippen LogP contribution is 2.20. The molecule has 1 aliphatic heterocycles. The van der Waals surface area contributed by atoms with Crippen LogP contribution in [0.4, 0.5) is 0 Å². The van der Waals surface area contributed by atoms with Gasteiger partial charge >= 0.3 is 5.97 Å². The Hall–Kier alpha value is -6.13. The zero-order valence-corrected chi connectivity index (χ0v) is 36.4. The van der Waals surface area contributed by atoms with Crippen molar-refractivity contribution in [2.45, 2.75) is 120 Å². The lowest BCUT2D eigenvalue weighted by Gasteiger charge is -2.30. The van der Waals surface area contributed by atoms with E-state index >= 15 is 0 Å². The molecule has 0 bridgehead atoms. The lowest BCUT2D eigenvalue weighted by molar-refractivity contribution is -0.145. The Labute approximate surface area is 372 Å². The molecule has 0 spiro atoms. The van der Waals surface area contributed by atoms with Crippen molar-refractivity contribution in [3.8, 4) is 0 Å². The molecule has 0 aromatic rings.